The second-order valence-electron chi connectivity index (χ2n) is 5.66. The molecule has 0 unspecified atom stereocenters. The third kappa shape index (κ3) is 2.80. The van der Waals surface area contributed by atoms with Gasteiger partial charge >= 0.3 is 0 Å². The van der Waals surface area contributed by atoms with Gasteiger partial charge in [0.1, 0.15) is 13.2 Å². The van der Waals surface area contributed by atoms with Crippen molar-refractivity contribution in [3.05, 3.63) is 59.8 Å². The quantitative estimate of drug-likeness (QED) is 0.796. The summed E-state index contributed by atoms with van der Waals surface area (Å²) >= 11 is 0. The summed E-state index contributed by atoms with van der Waals surface area (Å²) in [5.74, 6) is 1.65. The van der Waals surface area contributed by atoms with Crippen LogP contribution in [0.25, 0.3) is 10.9 Å². The number of ether oxygens (including phenoxy) is 2. The summed E-state index contributed by atoms with van der Waals surface area (Å²) in [5.41, 5.74) is 4.28. The van der Waals surface area contributed by atoms with E-state index in [1.54, 1.807) is 0 Å². The third-order valence-electron chi connectivity index (χ3n) is 3.93. The second-order valence-corrected chi connectivity index (χ2v) is 5.66. The molecule has 0 fully saturated rings. The molecule has 0 amide bonds. The molecule has 0 saturated carbocycles. The van der Waals surface area contributed by atoms with Crippen LogP contribution in [-0.4, -0.2) is 18.2 Å². The van der Waals surface area contributed by atoms with Crippen LogP contribution >= 0.6 is 0 Å². The maximum absolute atomic E-state index is 5.64. The first-order chi connectivity index (χ1) is 11.3. The van der Waals surface area contributed by atoms with Gasteiger partial charge in [0.2, 0.25) is 0 Å². The number of fused-ring (bicyclic) bond motifs is 2. The normalized spacial score (nSPS) is 13.1. The summed E-state index contributed by atoms with van der Waals surface area (Å²) in [5, 5.41) is 4.65. The van der Waals surface area contributed by atoms with Crippen molar-refractivity contribution in [3.8, 4) is 11.5 Å². The van der Waals surface area contributed by atoms with Gasteiger partial charge in [-0.1, -0.05) is 24.3 Å². The second kappa shape index (κ2) is 5.80. The number of anilines is 1. The van der Waals surface area contributed by atoms with Gasteiger partial charge in [0.25, 0.3) is 0 Å². The van der Waals surface area contributed by atoms with Gasteiger partial charge in [-0.05, 0) is 36.8 Å². The fraction of sp³-hybridized carbons (Fsp3) is 0.211. The average Bonchev–Trinajstić information content (AvgIpc) is 2.59. The molecular weight excluding hydrogens is 288 g/mol. The highest BCUT2D eigenvalue weighted by atomic mass is 16.6. The molecule has 4 heteroatoms. The summed E-state index contributed by atoms with van der Waals surface area (Å²) in [7, 11) is 0. The Morgan fingerprint density at radius 1 is 1.00 bits per heavy atom. The minimum Gasteiger partial charge on any atom is -0.486 e. The number of pyridine rings is 1. The minimum absolute atomic E-state index is 0.609. The zero-order valence-electron chi connectivity index (χ0n) is 13.0. The molecule has 0 bridgehead atoms. The highest BCUT2D eigenvalue weighted by molar-refractivity contribution is 5.91. The SMILES string of the molecule is Cc1cc(NCc2ccc3c(c2)OCCO3)c2ccccc2n1. The van der Waals surface area contributed by atoms with E-state index >= 15 is 0 Å². The minimum atomic E-state index is 0.609. The van der Waals surface area contributed by atoms with Crippen LogP contribution < -0.4 is 14.8 Å². The lowest BCUT2D eigenvalue weighted by molar-refractivity contribution is 0.171. The highest BCUT2D eigenvalue weighted by Gasteiger charge is 2.11. The summed E-state index contributed by atoms with van der Waals surface area (Å²) in [6.07, 6.45) is 0. The maximum atomic E-state index is 5.64. The molecule has 0 saturated heterocycles. The van der Waals surface area contributed by atoms with Crippen LogP contribution in [-0.2, 0) is 6.54 Å². The van der Waals surface area contributed by atoms with Gasteiger partial charge in [-0.2, -0.15) is 0 Å². The number of aromatic nitrogens is 1. The Labute approximate surface area is 135 Å². The van der Waals surface area contributed by atoms with E-state index in [1.807, 2.05) is 37.3 Å². The standard InChI is InChI=1S/C19H18N2O2/c1-13-10-17(15-4-2-3-5-16(15)21-13)20-12-14-6-7-18-19(11-14)23-9-8-22-18/h2-7,10-11H,8-9,12H2,1H3,(H,20,21). The van der Waals surface area contributed by atoms with E-state index in [-0.39, 0.29) is 0 Å². The number of benzene rings is 2. The van der Waals surface area contributed by atoms with Gasteiger partial charge in [-0.25, -0.2) is 0 Å². The molecule has 4 nitrogen and oxygen atoms in total. The van der Waals surface area contributed by atoms with Crippen LogP contribution in [0.2, 0.25) is 0 Å². The molecule has 23 heavy (non-hydrogen) atoms. The number of nitrogens with zero attached hydrogens (tertiary/aromatic N) is 1. The fourth-order valence-corrected chi connectivity index (χ4v) is 2.85. The lowest BCUT2D eigenvalue weighted by atomic mass is 10.1. The van der Waals surface area contributed by atoms with Gasteiger partial charge in [0, 0.05) is 23.3 Å². The lowest BCUT2D eigenvalue weighted by Crippen LogP contribution is -2.15. The Balaban J connectivity index is 1.60. The summed E-state index contributed by atoms with van der Waals surface area (Å²) < 4.78 is 11.2. The van der Waals surface area contributed by atoms with Crippen molar-refractivity contribution in [2.45, 2.75) is 13.5 Å². The molecule has 2 aromatic carbocycles. The molecule has 1 aliphatic heterocycles. The van der Waals surface area contributed by atoms with Gasteiger partial charge in [-0.15, -0.1) is 0 Å². The topological polar surface area (TPSA) is 43.4 Å². The Kier molecular flexibility index (Phi) is 3.50. The van der Waals surface area contributed by atoms with E-state index < -0.39 is 0 Å². The monoisotopic (exact) mass is 306 g/mol. The van der Waals surface area contributed by atoms with Crippen molar-refractivity contribution < 1.29 is 9.47 Å². The molecule has 2 heterocycles. The van der Waals surface area contributed by atoms with Crippen molar-refractivity contribution >= 4 is 16.6 Å². The molecule has 1 N–H and O–H groups in total. The molecule has 1 aromatic heterocycles. The molecule has 1 aliphatic rings. The smallest absolute Gasteiger partial charge is 0.161 e. The Hall–Kier alpha value is -2.75. The zero-order valence-corrected chi connectivity index (χ0v) is 13.0. The van der Waals surface area contributed by atoms with E-state index in [0.29, 0.717) is 13.2 Å². The molecule has 0 radical (unpaired) electrons. The molecule has 3 aromatic rings. The van der Waals surface area contributed by atoms with Gasteiger partial charge in [-0.3, -0.25) is 4.98 Å². The van der Waals surface area contributed by atoms with Gasteiger partial charge in [0.05, 0.1) is 5.52 Å². The summed E-state index contributed by atoms with van der Waals surface area (Å²) in [6.45, 7) is 3.97. The van der Waals surface area contributed by atoms with Crippen molar-refractivity contribution in [1.29, 1.82) is 0 Å². The molecular formula is C19H18N2O2. The van der Waals surface area contributed by atoms with Crippen LogP contribution in [0.1, 0.15) is 11.3 Å². The first kappa shape index (κ1) is 13.9. The van der Waals surface area contributed by atoms with Crippen LogP contribution in [0, 0.1) is 6.92 Å². The lowest BCUT2D eigenvalue weighted by Gasteiger charge is -2.19. The fourth-order valence-electron chi connectivity index (χ4n) is 2.85. The number of hydrogen-bond donors (Lipinski definition) is 1. The zero-order chi connectivity index (χ0) is 15.6. The van der Waals surface area contributed by atoms with E-state index in [9.17, 15) is 0 Å². The molecule has 0 atom stereocenters. The maximum Gasteiger partial charge on any atom is 0.161 e. The van der Waals surface area contributed by atoms with Crippen molar-refractivity contribution in [2.24, 2.45) is 0 Å². The molecule has 4 rings (SSSR count). The van der Waals surface area contributed by atoms with Crippen molar-refractivity contribution in [2.75, 3.05) is 18.5 Å². The van der Waals surface area contributed by atoms with E-state index in [0.717, 1.165) is 45.9 Å². The average molecular weight is 306 g/mol. The van der Waals surface area contributed by atoms with Crippen LogP contribution in [0.15, 0.2) is 48.5 Å². The number of rotatable bonds is 3. The Morgan fingerprint density at radius 2 is 1.83 bits per heavy atom. The number of para-hydroxylation sites is 1. The predicted octanol–water partition coefficient (Wildman–Crippen LogP) is 3.93. The Morgan fingerprint density at radius 3 is 2.74 bits per heavy atom. The molecule has 0 spiro atoms. The van der Waals surface area contributed by atoms with Gasteiger partial charge < -0.3 is 14.8 Å². The van der Waals surface area contributed by atoms with E-state index in [2.05, 4.69) is 28.5 Å². The van der Waals surface area contributed by atoms with Crippen LogP contribution in [0.5, 0.6) is 11.5 Å². The number of aryl methyl sites for hydroxylation is 1. The number of nitrogens with one attached hydrogen (secondary N) is 1. The number of hydrogen-bond acceptors (Lipinski definition) is 4. The van der Waals surface area contributed by atoms with E-state index in [1.165, 1.54) is 0 Å². The first-order valence-electron chi connectivity index (χ1n) is 7.78. The molecule has 116 valence electrons. The predicted molar refractivity (Wildman–Crippen MR) is 91.2 cm³/mol. The summed E-state index contributed by atoms with van der Waals surface area (Å²) in [4.78, 5) is 4.57. The third-order valence-corrected chi connectivity index (χ3v) is 3.93. The van der Waals surface area contributed by atoms with Gasteiger partial charge in [0.15, 0.2) is 11.5 Å². The molecule has 0 aliphatic carbocycles. The Bertz CT molecular complexity index is 861. The largest absolute Gasteiger partial charge is 0.486 e. The van der Waals surface area contributed by atoms with Crippen LogP contribution in [0.4, 0.5) is 5.69 Å². The van der Waals surface area contributed by atoms with Crippen molar-refractivity contribution in [1.82, 2.24) is 4.98 Å². The highest BCUT2D eigenvalue weighted by Crippen LogP contribution is 2.31. The van der Waals surface area contributed by atoms with Crippen molar-refractivity contribution in [3.63, 3.8) is 0 Å². The van der Waals surface area contributed by atoms with E-state index in [4.69, 9.17) is 9.47 Å². The van der Waals surface area contributed by atoms with Crippen LogP contribution in [0.3, 0.4) is 0 Å². The first-order valence-corrected chi connectivity index (χ1v) is 7.78. The summed E-state index contributed by atoms with van der Waals surface area (Å²) in [6, 6.07) is 16.3.